The Bertz CT molecular complexity index is 798. The van der Waals surface area contributed by atoms with Crippen molar-refractivity contribution in [3.63, 3.8) is 0 Å². The zero-order chi connectivity index (χ0) is 17.3. The summed E-state index contributed by atoms with van der Waals surface area (Å²) in [5.74, 6) is -0.150. The minimum absolute atomic E-state index is 0.128. The Kier molecular flexibility index (Phi) is 4.11. The van der Waals surface area contributed by atoms with Crippen molar-refractivity contribution in [1.82, 2.24) is 15.1 Å². The second-order valence-electron chi connectivity index (χ2n) is 5.64. The van der Waals surface area contributed by atoms with Gasteiger partial charge in [0.15, 0.2) is 5.82 Å². The number of anilines is 3. The number of hydrogen-bond acceptors (Lipinski definition) is 4. The molecular weight excluding hydrogens is 308 g/mol. The Balaban J connectivity index is 1.81. The predicted molar refractivity (Wildman–Crippen MR) is 92.1 cm³/mol. The van der Waals surface area contributed by atoms with Gasteiger partial charge in [-0.1, -0.05) is 6.07 Å². The maximum absolute atomic E-state index is 12.3. The van der Waals surface area contributed by atoms with Crippen molar-refractivity contribution in [3.05, 3.63) is 35.5 Å². The molecule has 8 heteroatoms. The predicted octanol–water partition coefficient (Wildman–Crippen LogP) is 1.35. The molecule has 2 heterocycles. The number of hydrogen-bond donors (Lipinski definition) is 3. The number of carbonyl (C=O) groups excluding carboxylic acids is 2. The van der Waals surface area contributed by atoms with E-state index in [0.717, 1.165) is 17.7 Å². The van der Waals surface area contributed by atoms with Crippen LogP contribution in [-0.2, 0) is 13.5 Å². The van der Waals surface area contributed by atoms with E-state index in [-0.39, 0.29) is 17.8 Å². The highest BCUT2D eigenvalue weighted by molar-refractivity contribution is 6.07. The summed E-state index contributed by atoms with van der Waals surface area (Å²) in [5.41, 5.74) is 8.56. The van der Waals surface area contributed by atoms with Crippen LogP contribution in [0.5, 0.6) is 0 Å². The van der Waals surface area contributed by atoms with Crippen LogP contribution >= 0.6 is 0 Å². The summed E-state index contributed by atoms with van der Waals surface area (Å²) in [6.07, 6.45) is 2.37. The summed E-state index contributed by atoms with van der Waals surface area (Å²) in [6, 6.07) is 5.43. The van der Waals surface area contributed by atoms with Crippen molar-refractivity contribution in [3.8, 4) is 0 Å². The van der Waals surface area contributed by atoms with E-state index in [1.54, 1.807) is 18.1 Å². The molecule has 1 aromatic carbocycles. The van der Waals surface area contributed by atoms with E-state index in [1.807, 2.05) is 25.1 Å². The van der Waals surface area contributed by atoms with Crippen molar-refractivity contribution in [1.29, 1.82) is 0 Å². The second-order valence-corrected chi connectivity index (χ2v) is 5.64. The number of nitrogen functional groups attached to an aromatic ring is 1. The zero-order valence-corrected chi connectivity index (χ0v) is 13.7. The minimum atomic E-state index is -0.330. The van der Waals surface area contributed by atoms with Gasteiger partial charge >= 0.3 is 6.03 Å². The first kappa shape index (κ1) is 15.9. The van der Waals surface area contributed by atoms with Crippen LogP contribution in [0.1, 0.15) is 22.8 Å². The van der Waals surface area contributed by atoms with E-state index < -0.39 is 0 Å². The van der Waals surface area contributed by atoms with Crippen LogP contribution in [-0.4, -0.2) is 34.8 Å². The van der Waals surface area contributed by atoms with Gasteiger partial charge < -0.3 is 16.4 Å². The Labute approximate surface area is 139 Å². The number of carbonyl (C=O) groups is 2. The van der Waals surface area contributed by atoms with Crippen LogP contribution in [0.4, 0.5) is 22.0 Å². The van der Waals surface area contributed by atoms with Gasteiger partial charge in [-0.05, 0) is 31.0 Å². The molecule has 0 fully saturated rings. The highest BCUT2D eigenvalue weighted by atomic mass is 16.2. The first-order valence-corrected chi connectivity index (χ1v) is 7.78. The maximum Gasteiger partial charge on any atom is 0.321 e. The van der Waals surface area contributed by atoms with E-state index in [1.165, 1.54) is 4.68 Å². The van der Waals surface area contributed by atoms with Crippen LogP contribution in [0.3, 0.4) is 0 Å². The zero-order valence-electron chi connectivity index (χ0n) is 13.7. The van der Waals surface area contributed by atoms with Crippen molar-refractivity contribution >= 4 is 29.1 Å². The van der Waals surface area contributed by atoms with Gasteiger partial charge in [0.05, 0.1) is 5.69 Å². The summed E-state index contributed by atoms with van der Waals surface area (Å²) in [7, 11) is 1.70. The van der Waals surface area contributed by atoms with Crippen LogP contribution in [0.2, 0.25) is 0 Å². The standard InChI is InChI=1S/C16H20N6O2/c1-3-18-16(24)22-7-6-10-4-5-11(8-13(10)22)19-15(23)12-9-21(2)20-14(12)17/h4-5,8-9H,3,6-7H2,1-2H3,(H2,17,20)(H,18,24)(H,19,23). The maximum atomic E-state index is 12.3. The number of urea groups is 1. The number of nitrogens with zero attached hydrogens (tertiary/aromatic N) is 3. The summed E-state index contributed by atoms with van der Waals surface area (Å²) >= 11 is 0. The molecule has 126 valence electrons. The number of amides is 3. The highest BCUT2D eigenvalue weighted by Gasteiger charge is 2.25. The molecule has 0 atom stereocenters. The number of aromatic nitrogens is 2. The van der Waals surface area contributed by atoms with E-state index in [4.69, 9.17) is 5.73 Å². The van der Waals surface area contributed by atoms with E-state index in [9.17, 15) is 9.59 Å². The molecule has 3 rings (SSSR count). The summed E-state index contributed by atoms with van der Waals surface area (Å²) in [6.45, 7) is 3.08. The van der Waals surface area contributed by atoms with Crippen LogP contribution in [0.15, 0.2) is 24.4 Å². The third-order valence-corrected chi connectivity index (χ3v) is 3.91. The van der Waals surface area contributed by atoms with E-state index in [2.05, 4.69) is 15.7 Å². The molecule has 24 heavy (non-hydrogen) atoms. The van der Waals surface area contributed by atoms with Crippen molar-refractivity contribution in [2.24, 2.45) is 7.05 Å². The van der Waals surface area contributed by atoms with Gasteiger partial charge in [-0.3, -0.25) is 14.4 Å². The number of fused-ring (bicyclic) bond motifs is 1. The lowest BCUT2D eigenvalue weighted by Gasteiger charge is -2.18. The fourth-order valence-corrected chi connectivity index (χ4v) is 2.79. The minimum Gasteiger partial charge on any atom is -0.382 e. The number of benzene rings is 1. The first-order chi connectivity index (χ1) is 11.5. The van der Waals surface area contributed by atoms with Crippen molar-refractivity contribution in [2.75, 3.05) is 29.0 Å². The van der Waals surface area contributed by atoms with Crippen molar-refractivity contribution < 1.29 is 9.59 Å². The topological polar surface area (TPSA) is 105 Å². The fraction of sp³-hybridized carbons (Fsp3) is 0.312. The molecule has 0 radical (unpaired) electrons. The molecule has 0 spiro atoms. The summed E-state index contributed by atoms with van der Waals surface area (Å²) in [4.78, 5) is 26.1. The normalized spacial score (nSPS) is 12.8. The molecule has 0 bridgehead atoms. The molecular formula is C16H20N6O2. The molecule has 0 unspecified atom stereocenters. The number of rotatable bonds is 3. The third-order valence-electron chi connectivity index (χ3n) is 3.91. The lowest BCUT2D eigenvalue weighted by atomic mass is 10.1. The molecule has 1 aliphatic heterocycles. The Morgan fingerprint density at radius 3 is 2.83 bits per heavy atom. The number of aryl methyl sites for hydroxylation is 1. The molecule has 0 saturated carbocycles. The molecule has 1 aromatic heterocycles. The smallest absolute Gasteiger partial charge is 0.321 e. The second kappa shape index (κ2) is 6.23. The SMILES string of the molecule is CCNC(=O)N1CCc2ccc(NC(=O)c3cn(C)nc3N)cc21. The van der Waals surface area contributed by atoms with Gasteiger partial charge in [0.25, 0.3) is 5.91 Å². The van der Waals surface area contributed by atoms with Crippen LogP contribution in [0.25, 0.3) is 0 Å². The first-order valence-electron chi connectivity index (χ1n) is 7.78. The molecule has 8 nitrogen and oxygen atoms in total. The monoisotopic (exact) mass is 328 g/mol. The Morgan fingerprint density at radius 1 is 1.38 bits per heavy atom. The average molecular weight is 328 g/mol. The fourth-order valence-electron chi connectivity index (χ4n) is 2.79. The lowest BCUT2D eigenvalue weighted by Crippen LogP contribution is -2.38. The number of nitrogens with two attached hydrogens (primary N) is 1. The van der Waals surface area contributed by atoms with E-state index in [0.29, 0.717) is 24.3 Å². The van der Waals surface area contributed by atoms with Crippen molar-refractivity contribution in [2.45, 2.75) is 13.3 Å². The molecule has 1 aliphatic rings. The van der Waals surface area contributed by atoms with Gasteiger partial charge in [-0.25, -0.2) is 4.79 Å². The van der Waals surface area contributed by atoms with Gasteiger partial charge in [-0.2, -0.15) is 5.10 Å². The van der Waals surface area contributed by atoms with Crippen LogP contribution < -0.4 is 21.3 Å². The van der Waals surface area contributed by atoms with Gasteiger partial charge in [-0.15, -0.1) is 0 Å². The average Bonchev–Trinajstić information content (AvgIpc) is 3.10. The van der Waals surface area contributed by atoms with Gasteiger partial charge in [0.2, 0.25) is 0 Å². The molecule has 4 N–H and O–H groups in total. The van der Waals surface area contributed by atoms with Gasteiger partial charge in [0.1, 0.15) is 5.56 Å². The molecule has 0 aliphatic carbocycles. The summed E-state index contributed by atoms with van der Waals surface area (Å²) in [5, 5.41) is 9.56. The Morgan fingerprint density at radius 2 is 2.17 bits per heavy atom. The highest BCUT2D eigenvalue weighted by Crippen LogP contribution is 2.31. The van der Waals surface area contributed by atoms with Gasteiger partial charge in [0, 0.05) is 32.0 Å². The molecule has 2 aromatic rings. The largest absolute Gasteiger partial charge is 0.382 e. The number of nitrogens with one attached hydrogen (secondary N) is 2. The quantitative estimate of drug-likeness (QED) is 0.791. The van der Waals surface area contributed by atoms with E-state index >= 15 is 0 Å². The summed E-state index contributed by atoms with van der Waals surface area (Å²) < 4.78 is 1.49. The molecule has 3 amide bonds. The van der Waals surface area contributed by atoms with Crippen LogP contribution in [0, 0.1) is 0 Å². The Hall–Kier alpha value is -3.03. The molecule has 0 saturated heterocycles. The third kappa shape index (κ3) is 2.90. The lowest BCUT2D eigenvalue weighted by molar-refractivity contribution is 0.102.